The zero-order chi connectivity index (χ0) is 31.9. The van der Waals surface area contributed by atoms with Gasteiger partial charge >= 0.3 is 17.9 Å². The summed E-state index contributed by atoms with van der Waals surface area (Å²) in [5.74, 6) is -4.15. The molecule has 0 spiro atoms. The standard InChI is InChI=1S/C33H47NO9/c1-7-20(2)17-21(3)13-14-27(36)42-30-29(37)32(40-19-26(34)33(30,43-32)31(38)39)16-15-22(4)28(41-24(6)35)23(5)18-25-11-9-8-10-12-25/h8-14,20-21,23,26,28-30,37H,4,7,15-19,34H2,1-3,5-6H3,(H,38,39)/b14-13+/t20-,21+,23+,26+,28+,29+,30+,32?,33?/m0/s1. The number of carbonyl (C=O) groups excluding carboxylic acids is 2. The molecule has 2 unspecified atom stereocenters. The van der Waals surface area contributed by atoms with Gasteiger partial charge in [0.1, 0.15) is 12.2 Å². The number of aliphatic hydroxyl groups is 1. The monoisotopic (exact) mass is 601 g/mol. The average molecular weight is 602 g/mol. The third kappa shape index (κ3) is 7.92. The molecule has 9 atom stereocenters. The van der Waals surface area contributed by atoms with E-state index in [2.05, 4.69) is 20.4 Å². The molecule has 2 fully saturated rings. The molecule has 10 nitrogen and oxygen atoms in total. The van der Waals surface area contributed by atoms with Gasteiger partial charge in [-0.1, -0.05) is 77.1 Å². The number of carboxylic acids is 1. The number of aliphatic hydroxyl groups excluding tert-OH is 1. The lowest BCUT2D eigenvalue weighted by Crippen LogP contribution is -2.65. The second kappa shape index (κ2) is 14.6. The van der Waals surface area contributed by atoms with Crippen LogP contribution in [0.2, 0.25) is 0 Å². The van der Waals surface area contributed by atoms with Crippen molar-refractivity contribution >= 4 is 17.9 Å². The Labute approximate surface area is 254 Å². The van der Waals surface area contributed by atoms with Gasteiger partial charge in [0.05, 0.1) is 12.6 Å². The number of ether oxygens (including phenoxy) is 4. The first kappa shape index (κ1) is 34.4. The van der Waals surface area contributed by atoms with Gasteiger partial charge in [-0.3, -0.25) is 4.79 Å². The van der Waals surface area contributed by atoms with E-state index in [1.807, 2.05) is 44.2 Å². The Morgan fingerprint density at radius 2 is 1.88 bits per heavy atom. The average Bonchev–Trinajstić information content (AvgIpc) is 3.17. The second-order valence-electron chi connectivity index (χ2n) is 12.2. The van der Waals surface area contributed by atoms with Crippen LogP contribution in [0.15, 0.2) is 54.6 Å². The van der Waals surface area contributed by atoms with E-state index in [4.69, 9.17) is 24.7 Å². The minimum atomic E-state index is -2.22. The van der Waals surface area contributed by atoms with Crippen LogP contribution in [0, 0.1) is 17.8 Å². The summed E-state index contributed by atoms with van der Waals surface area (Å²) in [4.78, 5) is 37.4. The molecular formula is C33H47NO9. The summed E-state index contributed by atoms with van der Waals surface area (Å²) in [7, 11) is 0. The van der Waals surface area contributed by atoms with Crippen LogP contribution < -0.4 is 5.73 Å². The van der Waals surface area contributed by atoms with E-state index in [9.17, 15) is 24.6 Å². The van der Waals surface area contributed by atoms with Crippen LogP contribution in [-0.4, -0.2) is 70.5 Å². The molecule has 1 aromatic carbocycles. The molecule has 238 valence electrons. The first-order chi connectivity index (χ1) is 20.3. The molecule has 4 N–H and O–H groups in total. The van der Waals surface area contributed by atoms with Gasteiger partial charge in [0.2, 0.25) is 5.60 Å². The molecule has 43 heavy (non-hydrogen) atoms. The number of nitrogens with two attached hydrogens (primary N) is 1. The Hall–Kier alpha value is -3.05. The number of hydrogen-bond acceptors (Lipinski definition) is 9. The summed E-state index contributed by atoms with van der Waals surface area (Å²) < 4.78 is 23.1. The van der Waals surface area contributed by atoms with Crippen molar-refractivity contribution in [3.63, 3.8) is 0 Å². The molecule has 10 heteroatoms. The Morgan fingerprint density at radius 3 is 2.49 bits per heavy atom. The number of allylic oxidation sites excluding steroid dienone is 1. The molecular weight excluding hydrogens is 554 g/mol. The maximum absolute atomic E-state index is 12.8. The molecule has 2 aliphatic rings. The van der Waals surface area contributed by atoms with Crippen LogP contribution in [0.5, 0.6) is 0 Å². The van der Waals surface area contributed by atoms with Crippen molar-refractivity contribution in [1.82, 2.24) is 0 Å². The molecule has 1 aromatic rings. The van der Waals surface area contributed by atoms with Gasteiger partial charge < -0.3 is 34.9 Å². The van der Waals surface area contributed by atoms with E-state index in [1.54, 1.807) is 6.08 Å². The van der Waals surface area contributed by atoms with Crippen molar-refractivity contribution in [1.29, 1.82) is 0 Å². The van der Waals surface area contributed by atoms with Crippen LogP contribution in [0.3, 0.4) is 0 Å². The van der Waals surface area contributed by atoms with Crippen molar-refractivity contribution in [2.24, 2.45) is 23.5 Å². The highest BCUT2D eigenvalue weighted by Gasteiger charge is 2.73. The summed E-state index contributed by atoms with van der Waals surface area (Å²) in [6, 6.07) is 8.54. The van der Waals surface area contributed by atoms with Gasteiger partial charge in [0, 0.05) is 25.3 Å². The van der Waals surface area contributed by atoms with Crippen LogP contribution in [0.1, 0.15) is 65.9 Å². The summed E-state index contributed by atoms with van der Waals surface area (Å²) in [5.41, 5.74) is 5.57. The predicted molar refractivity (Wildman–Crippen MR) is 160 cm³/mol. The first-order valence-corrected chi connectivity index (χ1v) is 15.0. The van der Waals surface area contributed by atoms with Gasteiger partial charge in [0.25, 0.3) is 0 Å². The number of rotatable bonds is 15. The highest BCUT2D eigenvalue weighted by atomic mass is 16.8. The number of benzene rings is 1. The van der Waals surface area contributed by atoms with Gasteiger partial charge in [-0.25, -0.2) is 9.59 Å². The number of hydrogen-bond donors (Lipinski definition) is 3. The second-order valence-corrected chi connectivity index (χ2v) is 12.2. The maximum Gasteiger partial charge on any atom is 0.341 e. The Bertz CT molecular complexity index is 1170. The van der Waals surface area contributed by atoms with Crippen molar-refractivity contribution in [3.8, 4) is 0 Å². The van der Waals surface area contributed by atoms with E-state index in [0.29, 0.717) is 17.9 Å². The first-order valence-electron chi connectivity index (χ1n) is 15.0. The fraction of sp³-hybridized carbons (Fsp3) is 0.606. The highest BCUT2D eigenvalue weighted by Crippen LogP contribution is 2.49. The number of aliphatic carboxylic acids is 1. The molecule has 0 radical (unpaired) electrons. The zero-order valence-electron chi connectivity index (χ0n) is 25.9. The van der Waals surface area contributed by atoms with Crippen molar-refractivity contribution < 1.29 is 43.5 Å². The van der Waals surface area contributed by atoms with Crippen LogP contribution in [0.4, 0.5) is 0 Å². The number of carbonyl (C=O) groups is 3. The van der Waals surface area contributed by atoms with E-state index in [-0.39, 0.29) is 31.3 Å². The van der Waals surface area contributed by atoms with Crippen molar-refractivity contribution in [2.75, 3.05) is 6.61 Å². The lowest BCUT2D eigenvalue weighted by atomic mass is 9.86. The van der Waals surface area contributed by atoms with E-state index in [1.165, 1.54) is 13.0 Å². The lowest BCUT2D eigenvalue weighted by molar-refractivity contribution is -0.313. The molecule has 0 amide bonds. The third-order valence-corrected chi connectivity index (χ3v) is 8.58. The Balaban J connectivity index is 1.78. The molecule has 2 heterocycles. The van der Waals surface area contributed by atoms with Crippen LogP contribution in [0.25, 0.3) is 0 Å². The number of fused-ring (bicyclic) bond motifs is 2. The molecule has 0 saturated carbocycles. The molecule has 2 saturated heterocycles. The number of esters is 2. The molecule has 0 aliphatic carbocycles. The topological polar surface area (TPSA) is 155 Å². The van der Waals surface area contributed by atoms with E-state index >= 15 is 0 Å². The van der Waals surface area contributed by atoms with Gasteiger partial charge in [-0.15, -0.1) is 0 Å². The van der Waals surface area contributed by atoms with Gasteiger partial charge in [-0.2, -0.15) is 0 Å². The Kier molecular flexibility index (Phi) is 11.7. The Morgan fingerprint density at radius 1 is 1.21 bits per heavy atom. The molecule has 2 bridgehead atoms. The summed E-state index contributed by atoms with van der Waals surface area (Å²) in [6.45, 7) is 13.4. The normalized spacial score (nSPS) is 29.4. The van der Waals surface area contributed by atoms with Crippen molar-refractivity contribution in [3.05, 3.63) is 60.2 Å². The SMILES string of the molecule is C=C(CCC12OC[C@@H](N)C(C(=O)O)(O1)[C@H](OC(=O)/C=C/[C@@H](C)C[C@@H](C)CC)[C@H]2O)[C@@H](OC(C)=O)[C@H](C)Cc1ccccc1. The van der Waals surface area contributed by atoms with Gasteiger partial charge in [0.15, 0.2) is 11.9 Å². The largest absolute Gasteiger partial charge is 0.479 e. The maximum atomic E-state index is 12.8. The smallest absolute Gasteiger partial charge is 0.341 e. The zero-order valence-corrected chi connectivity index (χ0v) is 25.9. The quantitative estimate of drug-likeness (QED) is 0.153. The fourth-order valence-corrected chi connectivity index (χ4v) is 6.01. The summed E-state index contributed by atoms with van der Waals surface area (Å²) >= 11 is 0. The molecule has 2 aliphatic heterocycles. The highest BCUT2D eigenvalue weighted by molar-refractivity contribution is 5.85. The third-order valence-electron chi connectivity index (χ3n) is 8.58. The summed E-state index contributed by atoms with van der Waals surface area (Å²) in [6.07, 6.45) is 1.64. The summed E-state index contributed by atoms with van der Waals surface area (Å²) in [5, 5.41) is 21.7. The lowest BCUT2D eigenvalue weighted by Gasteiger charge is -2.41. The van der Waals surface area contributed by atoms with Gasteiger partial charge in [-0.05, 0) is 42.2 Å². The van der Waals surface area contributed by atoms with E-state index in [0.717, 1.165) is 18.4 Å². The molecule has 0 aromatic heterocycles. The fourth-order valence-electron chi connectivity index (χ4n) is 6.01. The predicted octanol–water partition coefficient (Wildman–Crippen LogP) is 3.94. The minimum absolute atomic E-state index is 0.0413. The minimum Gasteiger partial charge on any atom is -0.479 e. The molecule has 3 rings (SSSR count). The van der Waals surface area contributed by atoms with Crippen LogP contribution in [-0.2, 0) is 39.8 Å². The van der Waals surface area contributed by atoms with Crippen LogP contribution >= 0.6 is 0 Å². The number of carboxylic acid groups (broad SMARTS) is 1. The van der Waals surface area contributed by atoms with E-state index < -0.39 is 53.6 Å². The van der Waals surface area contributed by atoms with Crippen molar-refractivity contribution in [2.45, 2.75) is 102 Å².